The summed E-state index contributed by atoms with van der Waals surface area (Å²) in [5.74, 6) is 0. The molecule has 0 saturated heterocycles. The van der Waals surface area contributed by atoms with Gasteiger partial charge in [0.05, 0.1) is 10.4 Å². The highest BCUT2D eigenvalue weighted by Crippen LogP contribution is 2.31. The van der Waals surface area contributed by atoms with Crippen molar-refractivity contribution in [1.29, 1.82) is 0 Å². The summed E-state index contributed by atoms with van der Waals surface area (Å²) in [6, 6.07) is 12.2. The predicted octanol–water partition coefficient (Wildman–Crippen LogP) is 3.09. The molecule has 6 nitrogen and oxygen atoms in total. The van der Waals surface area contributed by atoms with Gasteiger partial charge in [-0.05, 0) is 37.3 Å². The van der Waals surface area contributed by atoms with Crippen LogP contribution in [-0.4, -0.2) is 39.2 Å². The molecule has 2 aromatic carbocycles. The first-order chi connectivity index (χ1) is 12.0. The fourth-order valence-corrected chi connectivity index (χ4v) is 5.65. The molecule has 0 aliphatic heterocycles. The Balaban J connectivity index is 2.43. The lowest BCUT2D eigenvalue weighted by Gasteiger charge is -2.15. The van der Waals surface area contributed by atoms with Crippen molar-refractivity contribution in [2.24, 2.45) is 0 Å². The molecular weight excluding hydrogens is 396 g/mol. The lowest BCUT2D eigenvalue weighted by Crippen LogP contribution is -2.27. The molecule has 0 aliphatic rings. The first kappa shape index (κ1) is 18.9. The Morgan fingerprint density at radius 3 is 2.12 bits per heavy atom. The SMILES string of the molecule is Cc1ccc(S(=O)(=O)n2c(S(=O)(=O)N(C)C)cc3ccc(Cl)cc32)cc1. The van der Waals surface area contributed by atoms with Gasteiger partial charge >= 0.3 is 0 Å². The van der Waals surface area contributed by atoms with E-state index in [4.69, 9.17) is 11.6 Å². The quantitative estimate of drug-likeness (QED) is 0.659. The summed E-state index contributed by atoms with van der Waals surface area (Å²) in [6.07, 6.45) is 0. The fraction of sp³-hybridized carbons (Fsp3) is 0.176. The van der Waals surface area contributed by atoms with Crippen molar-refractivity contribution < 1.29 is 16.8 Å². The van der Waals surface area contributed by atoms with E-state index in [1.807, 2.05) is 6.92 Å². The van der Waals surface area contributed by atoms with E-state index >= 15 is 0 Å². The minimum absolute atomic E-state index is 0.00391. The lowest BCUT2D eigenvalue weighted by atomic mass is 10.2. The van der Waals surface area contributed by atoms with E-state index in [9.17, 15) is 16.8 Å². The van der Waals surface area contributed by atoms with Gasteiger partial charge in [0.25, 0.3) is 20.0 Å². The summed E-state index contributed by atoms with van der Waals surface area (Å²) < 4.78 is 53.8. The Morgan fingerprint density at radius 2 is 1.54 bits per heavy atom. The van der Waals surface area contributed by atoms with Gasteiger partial charge in [-0.15, -0.1) is 0 Å². The molecule has 3 aromatic rings. The number of halogens is 1. The zero-order chi connectivity index (χ0) is 19.3. The lowest BCUT2D eigenvalue weighted by molar-refractivity contribution is 0.514. The molecule has 0 saturated carbocycles. The first-order valence-electron chi connectivity index (χ1n) is 7.61. The molecule has 0 spiro atoms. The Kier molecular flexibility index (Phi) is 4.64. The standard InChI is InChI=1S/C17H17ClN2O4S2/c1-12-4-8-15(9-5-12)25(21,22)20-16-11-14(18)7-6-13(16)10-17(20)26(23,24)19(2)3/h4-11H,1-3H3. The van der Waals surface area contributed by atoms with E-state index in [2.05, 4.69) is 0 Å². The average molecular weight is 413 g/mol. The highest BCUT2D eigenvalue weighted by Gasteiger charge is 2.31. The van der Waals surface area contributed by atoms with Gasteiger partial charge in [-0.1, -0.05) is 35.4 Å². The topological polar surface area (TPSA) is 76.5 Å². The number of sulfonamides is 1. The van der Waals surface area contributed by atoms with Crippen LogP contribution in [0.5, 0.6) is 0 Å². The van der Waals surface area contributed by atoms with Crippen LogP contribution in [0.1, 0.15) is 5.56 Å². The molecule has 0 bridgehead atoms. The van der Waals surface area contributed by atoms with Crippen molar-refractivity contribution in [3.05, 3.63) is 59.1 Å². The van der Waals surface area contributed by atoms with Crippen molar-refractivity contribution >= 4 is 42.6 Å². The number of rotatable bonds is 4. The second-order valence-corrected chi connectivity index (χ2v) is 10.4. The predicted molar refractivity (Wildman–Crippen MR) is 102 cm³/mol. The van der Waals surface area contributed by atoms with E-state index in [0.29, 0.717) is 10.4 Å². The van der Waals surface area contributed by atoms with Crippen LogP contribution in [0.15, 0.2) is 58.5 Å². The van der Waals surface area contributed by atoms with Gasteiger partial charge in [0.15, 0.2) is 5.03 Å². The molecule has 9 heteroatoms. The van der Waals surface area contributed by atoms with Crippen molar-refractivity contribution in [2.75, 3.05) is 14.1 Å². The first-order valence-corrected chi connectivity index (χ1v) is 10.9. The molecule has 0 atom stereocenters. The van der Waals surface area contributed by atoms with Crippen molar-refractivity contribution in [3.8, 4) is 0 Å². The highest BCUT2D eigenvalue weighted by molar-refractivity contribution is 7.92. The van der Waals surface area contributed by atoms with Gasteiger partial charge in [-0.3, -0.25) is 0 Å². The van der Waals surface area contributed by atoms with Gasteiger partial charge in [0.1, 0.15) is 0 Å². The molecule has 3 rings (SSSR count). The molecule has 0 N–H and O–H groups in total. The maximum atomic E-state index is 13.3. The number of fused-ring (bicyclic) bond motifs is 1. The number of hydrogen-bond acceptors (Lipinski definition) is 4. The third-order valence-electron chi connectivity index (χ3n) is 3.99. The Morgan fingerprint density at radius 1 is 0.923 bits per heavy atom. The summed E-state index contributed by atoms with van der Waals surface area (Å²) in [4.78, 5) is -0.00391. The summed E-state index contributed by atoms with van der Waals surface area (Å²) in [6.45, 7) is 1.84. The maximum absolute atomic E-state index is 13.3. The molecule has 0 aliphatic carbocycles. The summed E-state index contributed by atoms with van der Waals surface area (Å²) in [5, 5.41) is 0.440. The van der Waals surface area contributed by atoms with Crippen LogP contribution in [0.2, 0.25) is 5.02 Å². The number of hydrogen-bond donors (Lipinski definition) is 0. The molecule has 26 heavy (non-hydrogen) atoms. The molecule has 0 fully saturated rings. The third kappa shape index (κ3) is 3.03. The molecule has 0 unspecified atom stereocenters. The van der Waals surface area contributed by atoms with Gasteiger partial charge in [-0.25, -0.2) is 25.1 Å². The minimum atomic E-state index is -4.15. The third-order valence-corrected chi connectivity index (χ3v) is 7.88. The fourth-order valence-electron chi connectivity index (χ4n) is 2.56. The summed E-state index contributed by atoms with van der Waals surface area (Å²) in [7, 11) is -5.46. The van der Waals surface area contributed by atoms with Gasteiger partial charge in [0, 0.05) is 24.5 Å². The van der Waals surface area contributed by atoms with Crippen LogP contribution < -0.4 is 0 Å². The molecule has 0 radical (unpaired) electrons. The average Bonchev–Trinajstić information content (AvgIpc) is 2.95. The second kappa shape index (κ2) is 6.38. The van der Waals surface area contributed by atoms with Gasteiger partial charge < -0.3 is 0 Å². The molecule has 1 aromatic heterocycles. The number of benzene rings is 2. The Labute approximate surface area is 157 Å². The van der Waals surface area contributed by atoms with Crippen LogP contribution in [-0.2, 0) is 20.0 Å². The van der Waals surface area contributed by atoms with Crippen molar-refractivity contribution in [2.45, 2.75) is 16.8 Å². The van der Waals surface area contributed by atoms with E-state index in [-0.39, 0.29) is 15.4 Å². The van der Waals surface area contributed by atoms with E-state index in [1.54, 1.807) is 24.3 Å². The highest BCUT2D eigenvalue weighted by atomic mass is 35.5. The van der Waals surface area contributed by atoms with Crippen molar-refractivity contribution in [1.82, 2.24) is 8.28 Å². The zero-order valence-corrected chi connectivity index (χ0v) is 16.7. The minimum Gasteiger partial charge on any atom is -0.221 e. The number of aryl methyl sites for hydroxylation is 1. The monoisotopic (exact) mass is 412 g/mol. The van der Waals surface area contributed by atoms with Crippen LogP contribution in [0, 0.1) is 6.92 Å². The summed E-state index contributed by atoms with van der Waals surface area (Å²) >= 11 is 6.03. The van der Waals surface area contributed by atoms with Crippen LogP contribution in [0.3, 0.4) is 0 Å². The second-order valence-electron chi connectivity index (χ2n) is 6.06. The van der Waals surface area contributed by atoms with Crippen molar-refractivity contribution in [3.63, 3.8) is 0 Å². The molecule has 0 amide bonds. The van der Waals surface area contributed by atoms with Crippen LogP contribution >= 0.6 is 11.6 Å². The van der Waals surface area contributed by atoms with Gasteiger partial charge in [-0.2, -0.15) is 0 Å². The zero-order valence-electron chi connectivity index (χ0n) is 14.3. The van der Waals surface area contributed by atoms with Crippen LogP contribution in [0.25, 0.3) is 10.9 Å². The summed E-state index contributed by atoms with van der Waals surface area (Å²) in [5.41, 5.74) is 1.10. The number of nitrogens with zero attached hydrogens (tertiary/aromatic N) is 2. The van der Waals surface area contributed by atoms with Gasteiger partial charge in [0.2, 0.25) is 0 Å². The van der Waals surface area contributed by atoms with E-state index in [1.165, 1.54) is 38.4 Å². The Hall–Kier alpha value is -1.87. The maximum Gasteiger partial charge on any atom is 0.269 e. The molecule has 1 heterocycles. The smallest absolute Gasteiger partial charge is 0.221 e. The van der Waals surface area contributed by atoms with Crippen LogP contribution in [0.4, 0.5) is 0 Å². The largest absolute Gasteiger partial charge is 0.269 e. The normalized spacial score (nSPS) is 12.8. The Bertz CT molecular complexity index is 1200. The number of aromatic nitrogens is 1. The molecule has 138 valence electrons. The van der Waals surface area contributed by atoms with E-state index in [0.717, 1.165) is 13.8 Å². The molecular formula is C17H17ClN2O4S2. The van der Waals surface area contributed by atoms with E-state index < -0.39 is 20.0 Å².